The summed E-state index contributed by atoms with van der Waals surface area (Å²) in [6.07, 6.45) is 4.31. The van der Waals surface area contributed by atoms with Gasteiger partial charge in [-0.05, 0) is 31.7 Å². The molecule has 0 aromatic heterocycles. The monoisotopic (exact) mass is 310 g/mol. The SMILES string of the molecule is CCOP(=O)(/C=C/C(=O)OC)CCCCc1ccccc1. The molecule has 1 unspecified atom stereocenters. The third kappa shape index (κ3) is 7.26. The van der Waals surface area contributed by atoms with E-state index in [9.17, 15) is 9.36 Å². The van der Waals surface area contributed by atoms with Gasteiger partial charge in [0.15, 0.2) is 0 Å². The van der Waals surface area contributed by atoms with Crippen LogP contribution in [0.5, 0.6) is 0 Å². The summed E-state index contributed by atoms with van der Waals surface area (Å²) in [5.74, 6) is 0.851. The maximum Gasteiger partial charge on any atom is 0.330 e. The number of hydrogen-bond acceptors (Lipinski definition) is 4. The minimum atomic E-state index is -2.89. The van der Waals surface area contributed by atoms with E-state index in [4.69, 9.17) is 4.52 Å². The van der Waals surface area contributed by atoms with Crippen molar-refractivity contribution in [3.63, 3.8) is 0 Å². The minimum absolute atomic E-state index is 0.363. The molecule has 0 heterocycles. The Morgan fingerprint density at radius 3 is 2.57 bits per heavy atom. The molecule has 1 atom stereocenters. The van der Waals surface area contributed by atoms with Gasteiger partial charge in [0.05, 0.1) is 13.7 Å². The minimum Gasteiger partial charge on any atom is -0.466 e. The smallest absolute Gasteiger partial charge is 0.330 e. The van der Waals surface area contributed by atoms with Crippen molar-refractivity contribution in [3.05, 3.63) is 47.8 Å². The molecule has 0 bridgehead atoms. The van der Waals surface area contributed by atoms with Gasteiger partial charge >= 0.3 is 5.97 Å². The van der Waals surface area contributed by atoms with E-state index in [0.717, 1.165) is 19.3 Å². The number of ether oxygens (including phenoxy) is 1. The number of hydrogen-bond donors (Lipinski definition) is 0. The van der Waals surface area contributed by atoms with Crippen LogP contribution in [0, 0.1) is 0 Å². The Bertz CT molecular complexity index is 496. The molecule has 4 nitrogen and oxygen atoms in total. The van der Waals surface area contributed by atoms with Crippen LogP contribution in [0.2, 0.25) is 0 Å². The fourth-order valence-electron chi connectivity index (χ4n) is 1.95. The Hall–Kier alpha value is -1.38. The Morgan fingerprint density at radius 2 is 1.95 bits per heavy atom. The molecule has 116 valence electrons. The standard InChI is InChI=1S/C16H23O4P/c1-3-20-21(18,14-12-16(17)19-2)13-8-7-11-15-9-5-4-6-10-15/h4-6,9-10,12,14H,3,7-8,11,13H2,1-2H3/b14-12+. The Labute approximate surface area is 126 Å². The van der Waals surface area contributed by atoms with Gasteiger partial charge in [-0.25, -0.2) is 4.79 Å². The summed E-state index contributed by atoms with van der Waals surface area (Å²) in [5.41, 5.74) is 1.27. The van der Waals surface area contributed by atoms with Crippen molar-refractivity contribution in [2.45, 2.75) is 26.2 Å². The van der Waals surface area contributed by atoms with Crippen LogP contribution in [0.1, 0.15) is 25.3 Å². The number of aryl methyl sites for hydroxylation is 1. The normalized spacial score (nSPS) is 14.0. The van der Waals surface area contributed by atoms with Gasteiger partial charge in [0.1, 0.15) is 0 Å². The predicted molar refractivity (Wildman–Crippen MR) is 84.6 cm³/mol. The van der Waals surface area contributed by atoms with Crippen molar-refractivity contribution >= 4 is 13.3 Å². The molecular weight excluding hydrogens is 287 g/mol. The van der Waals surface area contributed by atoms with Gasteiger partial charge in [-0.1, -0.05) is 30.3 Å². The highest BCUT2D eigenvalue weighted by molar-refractivity contribution is 7.62. The lowest BCUT2D eigenvalue weighted by atomic mass is 10.1. The molecule has 0 aliphatic carbocycles. The van der Waals surface area contributed by atoms with Crippen LogP contribution < -0.4 is 0 Å². The zero-order valence-corrected chi connectivity index (χ0v) is 13.6. The van der Waals surface area contributed by atoms with Crippen LogP contribution in [-0.4, -0.2) is 25.8 Å². The van der Waals surface area contributed by atoms with Crippen molar-refractivity contribution in [3.8, 4) is 0 Å². The van der Waals surface area contributed by atoms with Crippen molar-refractivity contribution in [2.75, 3.05) is 19.9 Å². The van der Waals surface area contributed by atoms with Crippen LogP contribution >= 0.6 is 7.37 Å². The molecule has 0 N–H and O–H groups in total. The summed E-state index contributed by atoms with van der Waals surface area (Å²) >= 11 is 0. The molecule has 1 aromatic rings. The second-order valence-electron chi connectivity index (χ2n) is 4.65. The van der Waals surface area contributed by atoms with E-state index in [-0.39, 0.29) is 0 Å². The summed E-state index contributed by atoms with van der Waals surface area (Å²) in [7, 11) is -1.60. The quantitative estimate of drug-likeness (QED) is 0.299. The van der Waals surface area contributed by atoms with Gasteiger partial charge in [0.25, 0.3) is 0 Å². The highest BCUT2D eigenvalue weighted by Crippen LogP contribution is 2.49. The Morgan fingerprint density at radius 1 is 1.24 bits per heavy atom. The van der Waals surface area contributed by atoms with Crippen molar-refractivity contribution in [1.82, 2.24) is 0 Å². The molecule has 0 saturated heterocycles. The molecule has 1 rings (SSSR count). The van der Waals surface area contributed by atoms with Crippen LogP contribution in [0.4, 0.5) is 0 Å². The lowest BCUT2D eigenvalue weighted by Gasteiger charge is -2.13. The molecule has 1 aromatic carbocycles. The first-order valence-electron chi connectivity index (χ1n) is 7.14. The van der Waals surface area contributed by atoms with Gasteiger partial charge in [-0.3, -0.25) is 4.57 Å². The molecule has 0 radical (unpaired) electrons. The van der Waals surface area contributed by atoms with Crippen molar-refractivity contribution in [2.24, 2.45) is 0 Å². The first kappa shape index (κ1) is 17.7. The second-order valence-corrected chi connectivity index (χ2v) is 7.10. The lowest BCUT2D eigenvalue weighted by Crippen LogP contribution is -1.98. The Kier molecular flexibility index (Phi) is 8.03. The summed E-state index contributed by atoms with van der Waals surface area (Å²) < 4.78 is 22.4. The number of esters is 1. The average molecular weight is 310 g/mol. The summed E-state index contributed by atoms with van der Waals surface area (Å²) in [6, 6.07) is 10.2. The second kappa shape index (κ2) is 9.54. The summed E-state index contributed by atoms with van der Waals surface area (Å²) in [5, 5.41) is 0. The number of unbranched alkanes of at least 4 members (excludes halogenated alkanes) is 1. The van der Waals surface area contributed by atoms with E-state index in [0.29, 0.717) is 12.8 Å². The zero-order chi connectivity index (χ0) is 15.6. The van der Waals surface area contributed by atoms with Gasteiger partial charge < -0.3 is 9.26 Å². The predicted octanol–water partition coefficient (Wildman–Crippen LogP) is 4.01. The molecule has 0 saturated carbocycles. The fraction of sp³-hybridized carbons (Fsp3) is 0.438. The fourth-order valence-corrected chi connectivity index (χ4v) is 3.76. The third-order valence-corrected chi connectivity index (χ3v) is 5.25. The molecule has 0 amide bonds. The van der Waals surface area contributed by atoms with E-state index in [1.807, 2.05) is 18.2 Å². The van der Waals surface area contributed by atoms with E-state index in [1.54, 1.807) is 6.92 Å². The van der Waals surface area contributed by atoms with Gasteiger partial charge in [-0.15, -0.1) is 0 Å². The van der Waals surface area contributed by atoms with Crippen LogP contribution in [0.3, 0.4) is 0 Å². The summed E-state index contributed by atoms with van der Waals surface area (Å²) in [6.45, 7) is 2.16. The zero-order valence-electron chi connectivity index (χ0n) is 12.7. The summed E-state index contributed by atoms with van der Waals surface area (Å²) in [4.78, 5) is 11.1. The first-order valence-corrected chi connectivity index (χ1v) is 9.02. The number of methoxy groups -OCH3 is 1. The van der Waals surface area contributed by atoms with E-state index >= 15 is 0 Å². The number of carbonyl (C=O) groups excluding carboxylic acids is 1. The van der Waals surface area contributed by atoms with Gasteiger partial charge in [0, 0.05) is 18.1 Å². The van der Waals surface area contributed by atoms with E-state index in [1.165, 1.54) is 24.6 Å². The van der Waals surface area contributed by atoms with E-state index < -0.39 is 13.3 Å². The molecule has 0 fully saturated rings. The lowest BCUT2D eigenvalue weighted by molar-refractivity contribution is -0.134. The van der Waals surface area contributed by atoms with Gasteiger partial charge in [-0.2, -0.15) is 0 Å². The van der Waals surface area contributed by atoms with E-state index in [2.05, 4.69) is 16.9 Å². The molecule has 21 heavy (non-hydrogen) atoms. The number of rotatable bonds is 9. The Balaban J connectivity index is 2.45. The average Bonchev–Trinajstić information content (AvgIpc) is 2.51. The maximum absolute atomic E-state index is 12.5. The highest BCUT2D eigenvalue weighted by atomic mass is 31.2. The molecule has 5 heteroatoms. The van der Waals surface area contributed by atoms with Crippen LogP contribution in [-0.2, 0) is 25.0 Å². The first-order chi connectivity index (χ1) is 10.1. The number of carbonyl (C=O) groups is 1. The molecule has 0 aliphatic heterocycles. The van der Waals surface area contributed by atoms with Gasteiger partial charge in [0.2, 0.25) is 7.37 Å². The largest absolute Gasteiger partial charge is 0.466 e. The highest BCUT2D eigenvalue weighted by Gasteiger charge is 2.18. The van der Waals surface area contributed by atoms with Crippen LogP contribution in [0.15, 0.2) is 42.2 Å². The molecular formula is C16H23O4P. The van der Waals surface area contributed by atoms with Crippen LogP contribution in [0.25, 0.3) is 0 Å². The maximum atomic E-state index is 12.5. The topological polar surface area (TPSA) is 52.6 Å². The van der Waals surface area contributed by atoms with Crippen molar-refractivity contribution < 1.29 is 18.6 Å². The number of benzene rings is 1. The third-order valence-electron chi connectivity index (χ3n) is 3.01. The molecule has 0 aliphatic rings. The molecule has 0 spiro atoms. The van der Waals surface area contributed by atoms with Crippen molar-refractivity contribution in [1.29, 1.82) is 0 Å².